The lowest BCUT2D eigenvalue weighted by Gasteiger charge is -2.31. The third-order valence-electron chi connectivity index (χ3n) is 5.54. The van der Waals surface area contributed by atoms with Crippen LogP contribution >= 0.6 is 0 Å². The normalized spacial score (nSPS) is 23.4. The lowest BCUT2D eigenvalue weighted by Crippen LogP contribution is -2.31. The first-order chi connectivity index (χ1) is 14.0. The van der Waals surface area contributed by atoms with E-state index in [1.54, 1.807) is 13.2 Å². The van der Waals surface area contributed by atoms with Crippen LogP contribution in [-0.4, -0.2) is 37.5 Å². The van der Waals surface area contributed by atoms with E-state index in [2.05, 4.69) is 18.9 Å². The van der Waals surface area contributed by atoms with Crippen LogP contribution in [0, 0.1) is 18.3 Å². The summed E-state index contributed by atoms with van der Waals surface area (Å²) in [5, 5.41) is 0. The number of nitrogens with zero attached hydrogens (tertiary/aromatic N) is 2. The second-order valence-electron chi connectivity index (χ2n) is 7.60. The minimum absolute atomic E-state index is 0.460. The van der Waals surface area contributed by atoms with Gasteiger partial charge in [-0.3, -0.25) is 4.99 Å². The van der Waals surface area contributed by atoms with Gasteiger partial charge in [-0.15, -0.1) is 6.42 Å². The molecule has 1 unspecified atom stereocenters. The monoisotopic (exact) mass is 391 g/mol. The molecular weight excluding hydrogens is 362 g/mol. The van der Waals surface area contributed by atoms with Crippen molar-refractivity contribution >= 4 is 17.1 Å². The minimum atomic E-state index is -0.775. The van der Waals surface area contributed by atoms with E-state index in [1.807, 2.05) is 31.2 Å². The van der Waals surface area contributed by atoms with E-state index in [-0.39, 0.29) is 0 Å². The summed E-state index contributed by atoms with van der Waals surface area (Å²) in [6.45, 7) is 5.50. The van der Waals surface area contributed by atoms with Crippen molar-refractivity contribution in [2.45, 2.75) is 38.8 Å². The number of nitrogens with two attached hydrogens (primary N) is 1. The van der Waals surface area contributed by atoms with Gasteiger partial charge in [0.2, 0.25) is 0 Å². The molecular formula is C24H29N3O2. The molecule has 29 heavy (non-hydrogen) atoms. The highest BCUT2D eigenvalue weighted by molar-refractivity contribution is 6.41. The molecule has 5 nitrogen and oxygen atoms in total. The Kier molecular flexibility index (Phi) is 6.56. The predicted molar refractivity (Wildman–Crippen MR) is 119 cm³/mol. The van der Waals surface area contributed by atoms with Gasteiger partial charge in [0, 0.05) is 25.2 Å². The van der Waals surface area contributed by atoms with Gasteiger partial charge in [-0.05, 0) is 62.0 Å². The summed E-state index contributed by atoms with van der Waals surface area (Å²) in [5.41, 5.74) is 9.13. The summed E-state index contributed by atoms with van der Waals surface area (Å²) >= 11 is 0. The highest BCUT2D eigenvalue weighted by Gasteiger charge is 2.39. The van der Waals surface area contributed by atoms with Crippen molar-refractivity contribution in [1.29, 1.82) is 0 Å². The molecule has 1 saturated heterocycles. The van der Waals surface area contributed by atoms with Crippen molar-refractivity contribution in [1.82, 2.24) is 0 Å². The standard InChI is InChI=1S/C24H29N3O2/c1-5-7-21(14-17(2)20-8-6-9-22(15-20)28-4)24(26-18(3)23(25)27-24)16-19-10-12-29-13-11-19/h1,6-9,14-15,19H,10-13,16H2,2-4H3,(H2,25,27). The van der Waals surface area contributed by atoms with Crippen molar-refractivity contribution in [2.24, 2.45) is 21.6 Å². The molecule has 0 amide bonds. The number of amidine groups is 1. The zero-order valence-corrected chi connectivity index (χ0v) is 17.4. The summed E-state index contributed by atoms with van der Waals surface area (Å²) < 4.78 is 10.9. The molecule has 1 aromatic rings. The van der Waals surface area contributed by atoms with E-state index < -0.39 is 5.66 Å². The van der Waals surface area contributed by atoms with Crippen LogP contribution < -0.4 is 10.5 Å². The Morgan fingerprint density at radius 2 is 2.14 bits per heavy atom. The molecule has 0 aliphatic carbocycles. The topological polar surface area (TPSA) is 69.2 Å². The van der Waals surface area contributed by atoms with Crippen molar-refractivity contribution < 1.29 is 9.47 Å². The molecule has 152 valence electrons. The van der Waals surface area contributed by atoms with Gasteiger partial charge in [-0.1, -0.05) is 24.1 Å². The first-order valence-corrected chi connectivity index (χ1v) is 9.97. The predicted octanol–water partition coefficient (Wildman–Crippen LogP) is 4.00. The van der Waals surface area contributed by atoms with Crippen molar-refractivity contribution in [3.8, 4) is 18.1 Å². The molecule has 1 aromatic carbocycles. The summed E-state index contributed by atoms with van der Waals surface area (Å²) in [6, 6.07) is 7.96. The van der Waals surface area contributed by atoms with Crippen LogP contribution in [0.4, 0.5) is 0 Å². The van der Waals surface area contributed by atoms with E-state index in [0.29, 0.717) is 11.8 Å². The number of rotatable bonds is 6. The molecule has 2 aliphatic heterocycles. The number of aliphatic imine (C=N–C) groups is 2. The Bertz CT molecular complexity index is 894. The fraction of sp³-hybridized carbons (Fsp3) is 0.417. The number of hydrogen-bond donors (Lipinski definition) is 1. The van der Waals surface area contributed by atoms with Crippen LogP contribution in [0.25, 0.3) is 5.57 Å². The average Bonchev–Trinajstić information content (AvgIpc) is 3.02. The zero-order chi connectivity index (χ0) is 20.9. The highest BCUT2D eigenvalue weighted by atomic mass is 16.5. The first-order valence-electron chi connectivity index (χ1n) is 9.97. The fourth-order valence-electron chi connectivity index (χ4n) is 3.88. The van der Waals surface area contributed by atoms with Crippen molar-refractivity contribution in [3.63, 3.8) is 0 Å². The Labute approximate surface area is 173 Å². The second-order valence-corrected chi connectivity index (χ2v) is 7.60. The van der Waals surface area contributed by atoms with Gasteiger partial charge in [0.05, 0.1) is 12.8 Å². The minimum Gasteiger partial charge on any atom is -0.497 e. The Morgan fingerprint density at radius 1 is 1.38 bits per heavy atom. The number of ether oxygens (including phenoxy) is 2. The molecule has 2 heterocycles. The van der Waals surface area contributed by atoms with Crippen LogP contribution in [0.5, 0.6) is 5.75 Å². The second kappa shape index (κ2) is 9.11. The molecule has 0 spiro atoms. The van der Waals surface area contributed by atoms with Crippen LogP contribution in [0.3, 0.4) is 0 Å². The molecule has 1 fully saturated rings. The van der Waals surface area contributed by atoms with E-state index >= 15 is 0 Å². The quantitative estimate of drug-likeness (QED) is 0.589. The highest BCUT2D eigenvalue weighted by Crippen LogP contribution is 2.39. The van der Waals surface area contributed by atoms with Crippen LogP contribution in [0.15, 0.2) is 52.0 Å². The number of hydrogen-bond acceptors (Lipinski definition) is 5. The van der Waals surface area contributed by atoms with E-state index in [0.717, 1.165) is 60.6 Å². The third-order valence-corrected chi connectivity index (χ3v) is 5.54. The number of methoxy groups -OCH3 is 1. The summed E-state index contributed by atoms with van der Waals surface area (Å²) in [7, 11) is 1.66. The first kappa shape index (κ1) is 20.9. The number of allylic oxidation sites excluding steroid dienone is 2. The Balaban J connectivity index is 2.01. The number of terminal acetylenes is 1. The van der Waals surface area contributed by atoms with E-state index in [9.17, 15) is 0 Å². The maximum absolute atomic E-state index is 6.15. The lowest BCUT2D eigenvalue weighted by atomic mass is 9.84. The number of benzene rings is 1. The molecule has 3 rings (SSSR count). The van der Waals surface area contributed by atoms with Gasteiger partial charge < -0.3 is 15.2 Å². The molecule has 0 radical (unpaired) electrons. The van der Waals surface area contributed by atoms with Crippen molar-refractivity contribution in [3.05, 3.63) is 47.6 Å². The van der Waals surface area contributed by atoms with Gasteiger partial charge in [-0.2, -0.15) is 0 Å². The molecule has 1 atom stereocenters. The maximum atomic E-state index is 6.15. The van der Waals surface area contributed by atoms with Gasteiger partial charge in [0.15, 0.2) is 5.66 Å². The van der Waals surface area contributed by atoms with Gasteiger partial charge in [0.25, 0.3) is 0 Å². The summed E-state index contributed by atoms with van der Waals surface area (Å²) in [5.74, 6) is 4.43. The summed E-state index contributed by atoms with van der Waals surface area (Å²) in [6.07, 6.45) is 12.3. The zero-order valence-electron chi connectivity index (χ0n) is 17.4. The molecule has 2 N–H and O–H groups in total. The Hall–Kier alpha value is -2.84. The van der Waals surface area contributed by atoms with Gasteiger partial charge in [0.1, 0.15) is 11.6 Å². The average molecular weight is 392 g/mol. The third kappa shape index (κ3) is 4.78. The summed E-state index contributed by atoms with van der Waals surface area (Å²) in [4.78, 5) is 9.72. The van der Waals surface area contributed by atoms with Crippen LogP contribution in [0.1, 0.15) is 38.7 Å². The SMILES string of the molecule is C#CC=C(C=C(C)c1cccc(OC)c1)C1(CC2CCOCC2)N=C(C)C(N)=N1. The lowest BCUT2D eigenvalue weighted by molar-refractivity contribution is 0.0591. The Morgan fingerprint density at radius 3 is 2.76 bits per heavy atom. The van der Waals surface area contributed by atoms with E-state index in [1.165, 1.54) is 0 Å². The maximum Gasteiger partial charge on any atom is 0.179 e. The van der Waals surface area contributed by atoms with Crippen LogP contribution in [0.2, 0.25) is 0 Å². The van der Waals surface area contributed by atoms with Gasteiger partial charge in [-0.25, -0.2) is 4.99 Å². The molecule has 0 bridgehead atoms. The molecule has 2 aliphatic rings. The van der Waals surface area contributed by atoms with Gasteiger partial charge >= 0.3 is 0 Å². The van der Waals surface area contributed by atoms with Crippen molar-refractivity contribution in [2.75, 3.05) is 20.3 Å². The largest absolute Gasteiger partial charge is 0.497 e. The molecule has 0 aromatic heterocycles. The smallest absolute Gasteiger partial charge is 0.179 e. The molecule has 5 heteroatoms. The van der Waals surface area contributed by atoms with E-state index in [4.69, 9.17) is 31.6 Å². The fourth-order valence-corrected chi connectivity index (χ4v) is 3.88. The van der Waals surface area contributed by atoms with Crippen LogP contribution in [-0.2, 0) is 4.74 Å². The molecule has 0 saturated carbocycles.